The average Bonchev–Trinajstić information content (AvgIpc) is 2.85. The maximum Gasteiger partial charge on any atom is 0.410 e. The molecule has 0 radical (unpaired) electrons. The number of aliphatic hydroxyl groups excluding tert-OH is 1. The quantitative estimate of drug-likeness (QED) is 0.913. The van der Waals surface area contributed by atoms with Crippen molar-refractivity contribution in [2.24, 2.45) is 5.92 Å². The molecule has 0 saturated carbocycles. The van der Waals surface area contributed by atoms with E-state index < -0.39 is 11.7 Å². The first-order chi connectivity index (χ1) is 9.24. The van der Waals surface area contributed by atoms with Crippen LogP contribution in [0.4, 0.5) is 4.79 Å². The third-order valence-electron chi connectivity index (χ3n) is 3.34. The number of thiophene rings is 1. The summed E-state index contributed by atoms with van der Waals surface area (Å²) >= 11 is 1.72. The fraction of sp³-hybridized carbons (Fsp3) is 0.667. The Hall–Kier alpha value is -1.07. The molecular weight excluding hydrogens is 274 g/mol. The monoisotopic (exact) mass is 297 g/mol. The molecule has 5 heteroatoms. The van der Waals surface area contributed by atoms with Gasteiger partial charge in [-0.25, -0.2) is 4.79 Å². The summed E-state index contributed by atoms with van der Waals surface area (Å²) in [6.45, 7) is 8.55. The predicted molar refractivity (Wildman–Crippen MR) is 80.1 cm³/mol. The SMILES string of the molecule is Cc1cc(CC2CN(C(=O)OC(C)(C)C)CC2O)cs1. The fourth-order valence-corrected chi connectivity index (χ4v) is 3.16. The van der Waals surface area contributed by atoms with Crippen LogP contribution in [0.2, 0.25) is 0 Å². The minimum Gasteiger partial charge on any atom is -0.444 e. The smallest absolute Gasteiger partial charge is 0.410 e. The highest BCUT2D eigenvalue weighted by molar-refractivity contribution is 7.10. The number of ether oxygens (including phenoxy) is 1. The van der Waals surface area contributed by atoms with Crippen LogP contribution in [0.15, 0.2) is 11.4 Å². The lowest BCUT2D eigenvalue weighted by Crippen LogP contribution is -2.35. The number of rotatable bonds is 2. The van der Waals surface area contributed by atoms with Gasteiger partial charge in [0.1, 0.15) is 5.60 Å². The maximum atomic E-state index is 12.0. The molecule has 1 saturated heterocycles. The van der Waals surface area contributed by atoms with Crippen LogP contribution in [-0.2, 0) is 11.2 Å². The fourth-order valence-electron chi connectivity index (χ4n) is 2.44. The van der Waals surface area contributed by atoms with E-state index in [1.165, 1.54) is 10.4 Å². The molecule has 20 heavy (non-hydrogen) atoms. The molecule has 1 amide bonds. The Bertz CT molecular complexity index is 478. The summed E-state index contributed by atoms with van der Waals surface area (Å²) in [5.74, 6) is 0.0940. The lowest BCUT2D eigenvalue weighted by Gasteiger charge is -2.24. The molecule has 2 rings (SSSR count). The largest absolute Gasteiger partial charge is 0.444 e. The number of aliphatic hydroxyl groups is 1. The lowest BCUT2D eigenvalue weighted by molar-refractivity contribution is 0.0270. The van der Waals surface area contributed by atoms with Crippen LogP contribution in [0.5, 0.6) is 0 Å². The Balaban J connectivity index is 1.93. The first-order valence-electron chi connectivity index (χ1n) is 6.94. The third kappa shape index (κ3) is 3.96. The van der Waals surface area contributed by atoms with E-state index in [2.05, 4.69) is 18.4 Å². The van der Waals surface area contributed by atoms with Gasteiger partial charge in [0.05, 0.1) is 12.6 Å². The molecule has 2 heterocycles. The normalized spacial score (nSPS) is 23.1. The summed E-state index contributed by atoms with van der Waals surface area (Å²) in [5, 5.41) is 12.3. The molecule has 1 aromatic rings. The van der Waals surface area contributed by atoms with Gasteiger partial charge in [-0.3, -0.25) is 0 Å². The minimum absolute atomic E-state index is 0.0940. The first kappa shape index (κ1) is 15.3. The van der Waals surface area contributed by atoms with E-state index >= 15 is 0 Å². The van der Waals surface area contributed by atoms with Gasteiger partial charge in [-0.1, -0.05) is 0 Å². The van der Waals surface area contributed by atoms with Crippen molar-refractivity contribution in [1.82, 2.24) is 4.90 Å². The minimum atomic E-state index is -0.495. The molecule has 1 aliphatic rings. The molecule has 0 aliphatic carbocycles. The van der Waals surface area contributed by atoms with Crippen molar-refractivity contribution >= 4 is 17.4 Å². The summed E-state index contributed by atoms with van der Waals surface area (Å²) in [5.41, 5.74) is 0.743. The van der Waals surface area contributed by atoms with Gasteiger partial charge >= 0.3 is 6.09 Å². The number of amides is 1. The second-order valence-corrected chi connectivity index (χ2v) is 7.60. The summed E-state index contributed by atoms with van der Waals surface area (Å²) in [6, 6.07) is 2.15. The van der Waals surface area contributed by atoms with Crippen LogP contribution in [0.3, 0.4) is 0 Å². The zero-order valence-corrected chi connectivity index (χ0v) is 13.4. The highest BCUT2D eigenvalue weighted by atomic mass is 32.1. The predicted octanol–water partition coefficient (Wildman–Crippen LogP) is 2.83. The number of carbonyl (C=O) groups is 1. The van der Waals surface area contributed by atoms with Gasteiger partial charge in [0.15, 0.2) is 0 Å². The standard InChI is InChI=1S/C15H23NO3S/c1-10-5-11(9-20-10)6-12-7-16(8-13(12)17)14(18)19-15(2,3)4/h5,9,12-13,17H,6-8H2,1-4H3. The molecule has 1 aromatic heterocycles. The highest BCUT2D eigenvalue weighted by Gasteiger charge is 2.36. The lowest BCUT2D eigenvalue weighted by atomic mass is 9.98. The van der Waals surface area contributed by atoms with Gasteiger partial charge in [0.2, 0.25) is 0 Å². The van der Waals surface area contributed by atoms with Crippen molar-refractivity contribution in [1.29, 1.82) is 0 Å². The molecule has 0 bridgehead atoms. The summed E-state index contributed by atoms with van der Waals surface area (Å²) in [7, 11) is 0. The second-order valence-electron chi connectivity index (χ2n) is 6.48. The van der Waals surface area contributed by atoms with E-state index in [0.29, 0.717) is 13.1 Å². The molecule has 0 spiro atoms. The molecule has 1 N–H and O–H groups in total. The Morgan fingerprint density at radius 3 is 2.75 bits per heavy atom. The van der Waals surface area contributed by atoms with Crippen molar-refractivity contribution < 1.29 is 14.6 Å². The Kier molecular flexibility index (Phi) is 4.39. The summed E-state index contributed by atoms with van der Waals surface area (Å²) in [4.78, 5) is 14.9. The van der Waals surface area contributed by atoms with Crippen LogP contribution in [0.25, 0.3) is 0 Å². The van der Waals surface area contributed by atoms with E-state index in [0.717, 1.165) is 6.42 Å². The number of nitrogens with zero attached hydrogens (tertiary/aromatic N) is 1. The molecule has 2 atom stereocenters. The van der Waals surface area contributed by atoms with Gasteiger partial charge in [-0.2, -0.15) is 0 Å². The van der Waals surface area contributed by atoms with Gasteiger partial charge in [-0.05, 0) is 51.1 Å². The zero-order valence-electron chi connectivity index (χ0n) is 12.5. The van der Waals surface area contributed by atoms with E-state index in [-0.39, 0.29) is 12.0 Å². The van der Waals surface area contributed by atoms with Gasteiger partial charge in [0, 0.05) is 17.3 Å². The first-order valence-corrected chi connectivity index (χ1v) is 7.82. The van der Waals surface area contributed by atoms with E-state index in [4.69, 9.17) is 4.74 Å². The highest BCUT2D eigenvalue weighted by Crippen LogP contribution is 2.25. The molecule has 1 aliphatic heterocycles. The molecule has 2 unspecified atom stereocenters. The van der Waals surface area contributed by atoms with Crippen LogP contribution in [0.1, 0.15) is 31.2 Å². The van der Waals surface area contributed by atoms with Crippen molar-refractivity contribution in [3.05, 3.63) is 21.9 Å². The number of carbonyl (C=O) groups excluding carboxylic acids is 1. The number of hydrogen-bond acceptors (Lipinski definition) is 4. The maximum absolute atomic E-state index is 12.0. The van der Waals surface area contributed by atoms with E-state index in [1.54, 1.807) is 16.2 Å². The Morgan fingerprint density at radius 1 is 1.50 bits per heavy atom. The van der Waals surface area contributed by atoms with Crippen LogP contribution in [-0.4, -0.2) is 40.9 Å². The molecule has 0 aromatic carbocycles. The third-order valence-corrected chi connectivity index (χ3v) is 4.25. The number of hydrogen-bond donors (Lipinski definition) is 1. The summed E-state index contributed by atoms with van der Waals surface area (Å²) in [6.07, 6.45) is 0.00780. The van der Waals surface area contributed by atoms with Crippen molar-refractivity contribution in [2.75, 3.05) is 13.1 Å². The zero-order chi connectivity index (χ0) is 14.9. The summed E-state index contributed by atoms with van der Waals surface area (Å²) < 4.78 is 5.35. The molecular formula is C15H23NO3S. The second kappa shape index (κ2) is 5.74. The van der Waals surface area contributed by atoms with Crippen molar-refractivity contribution in [2.45, 2.75) is 45.8 Å². The Labute approximate surface area is 124 Å². The van der Waals surface area contributed by atoms with Crippen LogP contribution >= 0.6 is 11.3 Å². The Morgan fingerprint density at radius 2 is 2.20 bits per heavy atom. The number of likely N-dealkylation sites (tertiary alicyclic amines) is 1. The van der Waals surface area contributed by atoms with Gasteiger partial charge < -0.3 is 14.7 Å². The van der Waals surface area contributed by atoms with Crippen molar-refractivity contribution in [3.8, 4) is 0 Å². The molecule has 112 valence electrons. The molecule has 1 fully saturated rings. The number of aryl methyl sites for hydroxylation is 1. The van der Waals surface area contributed by atoms with Gasteiger partial charge in [0.25, 0.3) is 0 Å². The van der Waals surface area contributed by atoms with E-state index in [9.17, 15) is 9.90 Å². The van der Waals surface area contributed by atoms with Crippen LogP contribution in [0, 0.1) is 12.8 Å². The van der Waals surface area contributed by atoms with Gasteiger partial charge in [-0.15, -0.1) is 11.3 Å². The van der Waals surface area contributed by atoms with Crippen molar-refractivity contribution in [3.63, 3.8) is 0 Å². The van der Waals surface area contributed by atoms with E-state index in [1.807, 2.05) is 20.8 Å². The van der Waals surface area contributed by atoms with Crippen LogP contribution < -0.4 is 0 Å². The average molecular weight is 297 g/mol. The number of β-amino-alcohol motifs (C(OH)–C–C–N with tert-alkyl or cyclic N) is 1. The topological polar surface area (TPSA) is 49.8 Å². The molecule has 4 nitrogen and oxygen atoms in total.